The molecule has 0 radical (unpaired) electrons. The molecule has 0 nitrogen and oxygen atoms in total. The number of fused-ring (bicyclic) bond motifs is 3. The maximum Gasteiger partial charge on any atom is 0.0235 e. The summed E-state index contributed by atoms with van der Waals surface area (Å²) in [6, 6.07) is 17.7. The van der Waals surface area contributed by atoms with Crippen LogP contribution in [0.4, 0.5) is 0 Å². The van der Waals surface area contributed by atoms with Gasteiger partial charge in [-0.05, 0) is 27.7 Å². The number of hydrogen-bond donors (Lipinski definition) is 0. The predicted octanol–water partition coefficient (Wildman–Crippen LogP) is 7.18. The highest BCUT2D eigenvalue weighted by atomic mass is 14.5. The van der Waals surface area contributed by atoms with E-state index < -0.39 is 0 Å². The van der Waals surface area contributed by atoms with Crippen LogP contribution in [0.2, 0.25) is 0 Å². The van der Waals surface area contributed by atoms with Crippen LogP contribution < -0.4 is 0 Å². The third-order valence-electron chi connectivity index (χ3n) is 4.89. The molecule has 0 spiro atoms. The lowest BCUT2D eigenvalue weighted by Crippen LogP contribution is -2.36. The van der Waals surface area contributed by atoms with E-state index in [1.807, 2.05) is 0 Å². The Kier molecular flexibility index (Phi) is 6.54. The van der Waals surface area contributed by atoms with E-state index in [0.717, 1.165) is 0 Å². The minimum Gasteiger partial charge on any atom is -0.106 e. The number of rotatable bonds is 1. The molecule has 2 aromatic carbocycles. The molecule has 0 heteroatoms. The average Bonchev–Trinajstić information content (AvgIpc) is 2.88. The van der Waals surface area contributed by atoms with Crippen molar-refractivity contribution in [2.75, 3.05) is 0 Å². The summed E-state index contributed by atoms with van der Waals surface area (Å²) >= 11 is 0. The van der Waals surface area contributed by atoms with Gasteiger partial charge in [0.1, 0.15) is 0 Å². The molecule has 0 aromatic heterocycles. The number of allylic oxidation sites excluding steroid dienone is 2. The lowest BCUT2D eigenvalue weighted by atomic mass is 9.62. The maximum absolute atomic E-state index is 3.36. The Bertz CT molecular complexity index is 646. The van der Waals surface area contributed by atoms with Crippen LogP contribution in [0.1, 0.15) is 38.8 Å². The second-order valence-electron chi connectivity index (χ2n) is 6.94. The largest absolute Gasteiger partial charge is 0.106 e. The van der Waals surface area contributed by atoms with Crippen LogP contribution in [-0.4, -0.2) is 0 Å². The highest BCUT2D eigenvalue weighted by Gasteiger charge is 2.46. The molecule has 0 heterocycles. The van der Waals surface area contributed by atoms with Crippen LogP contribution in [0.5, 0.6) is 0 Å². The van der Waals surface area contributed by atoms with Crippen molar-refractivity contribution in [1.82, 2.24) is 0 Å². The minimum absolute atomic E-state index is 0.0974. The van der Waals surface area contributed by atoms with E-state index in [9.17, 15) is 0 Å². The summed E-state index contributed by atoms with van der Waals surface area (Å²) in [5, 5.41) is 0. The number of benzene rings is 2. The predicted molar refractivity (Wildman–Crippen MR) is 109 cm³/mol. The summed E-state index contributed by atoms with van der Waals surface area (Å²) in [5.74, 6) is 0. The zero-order valence-corrected chi connectivity index (χ0v) is 15.6. The van der Waals surface area contributed by atoms with Gasteiger partial charge >= 0.3 is 0 Å². The second kappa shape index (κ2) is 7.97. The van der Waals surface area contributed by atoms with Crippen molar-refractivity contribution in [3.8, 4) is 11.1 Å². The molecule has 0 saturated heterocycles. The highest BCUT2D eigenvalue weighted by molar-refractivity contribution is 5.81. The van der Waals surface area contributed by atoms with Crippen molar-refractivity contribution in [3.05, 3.63) is 98.1 Å². The Morgan fingerprint density at radius 1 is 0.750 bits per heavy atom. The molecule has 0 bridgehead atoms. The van der Waals surface area contributed by atoms with Crippen molar-refractivity contribution in [2.24, 2.45) is 5.41 Å². The fourth-order valence-corrected chi connectivity index (χ4v) is 3.26. The van der Waals surface area contributed by atoms with E-state index in [-0.39, 0.29) is 10.8 Å². The van der Waals surface area contributed by atoms with Crippen LogP contribution in [0.3, 0.4) is 0 Å². The van der Waals surface area contributed by atoms with Gasteiger partial charge in [-0.2, -0.15) is 0 Å². The van der Waals surface area contributed by atoms with Gasteiger partial charge in [-0.15, -0.1) is 13.2 Å². The van der Waals surface area contributed by atoms with E-state index in [1.54, 1.807) is 12.2 Å². The van der Waals surface area contributed by atoms with Gasteiger partial charge in [0.2, 0.25) is 0 Å². The topological polar surface area (TPSA) is 0 Å². The Morgan fingerprint density at radius 2 is 1.08 bits per heavy atom. The van der Waals surface area contributed by atoms with Crippen molar-refractivity contribution in [2.45, 2.75) is 33.1 Å². The SMILES string of the molecule is C=C.C=CC=C.CC(C)(C)C1(C)c2ccccc2-c2ccccc21. The Morgan fingerprint density at radius 3 is 1.38 bits per heavy atom. The Balaban J connectivity index is 0.000000423. The summed E-state index contributed by atoms with van der Waals surface area (Å²) in [6.07, 6.45) is 3.28. The molecule has 126 valence electrons. The van der Waals surface area contributed by atoms with E-state index in [0.29, 0.717) is 0 Å². The summed E-state index contributed by atoms with van der Waals surface area (Å²) in [7, 11) is 0. The average molecular weight is 319 g/mol. The number of hydrogen-bond acceptors (Lipinski definition) is 0. The first-order chi connectivity index (χ1) is 11.4. The zero-order chi connectivity index (χ0) is 18.4. The first kappa shape index (κ1) is 19.7. The molecule has 3 rings (SSSR count). The lowest BCUT2D eigenvalue weighted by molar-refractivity contribution is 0.255. The molecule has 1 aliphatic rings. The quantitative estimate of drug-likeness (QED) is 0.386. The van der Waals surface area contributed by atoms with Gasteiger partial charge in [-0.1, -0.05) is 102 Å². The maximum atomic E-state index is 3.36. The van der Waals surface area contributed by atoms with Gasteiger partial charge < -0.3 is 0 Å². The standard InChI is InChI=1S/C18H20.C4H6.C2H4/c1-17(2,3)18(4)15-11-7-5-9-13(15)14-10-6-8-12-16(14)18;1-3-4-2;1-2/h5-12H,1-4H3;3-4H,1-2H2;1-2H2. The molecule has 0 N–H and O–H groups in total. The summed E-state index contributed by atoms with van der Waals surface area (Å²) in [4.78, 5) is 0. The Labute approximate surface area is 148 Å². The monoisotopic (exact) mass is 318 g/mol. The molecule has 0 saturated carbocycles. The third-order valence-corrected chi connectivity index (χ3v) is 4.89. The summed E-state index contributed by atoms with van der Waals surface area (Å²) in [6.45, 7) is 22.1. The normalized spacial score (nSPS) is 13.2. The van der Waals surface area contributed by atoms with Crippen molar-refractivity contribution < 1.29 is 0 Å². The first-order valence-corrected chi connectivity index (χ1v) is 8.30. The van der Waals surface area contributed by atoms with Gasteiger partial charge in [0, 0.05) is 5.41 Å². The van der Waals surface area contributed by atoms with Crippen molar-refractivity contribution in [3.63, 3.8) is 0 Å². The molecule has 0 unspecified atom stereocenters. The van der Waals surface area contributed by atoms with Gasteiger partial charge in [-0.3, -0.25) is 0 Å². The van der Waals surface area contributed by atoms with E-state index in [1.165, 1.54) is 22.3 Å². The van der Waals surface area contributed by atoms with Gasteiger partial charge in [0.15, 0.2) is 0 Å². The molecule has 24 heavy (non-hydrogen) atoms. The van der Waals surface area contributed by atoms with Crippen molar-refractivity contribution >= 4 is 0 Å². The molecule has 0 fully saturated rings. The van der Waals surface area contributed by atoms with Crippen LogP contribution >= 0.6 is 0 Å². The van der Waals surface area contributed by atoms with Crippen LogP contribution in [0, 0.1) is 5.41 Å². The fourth-order valence-electron chi connectivity index (χ4n) is 3.26. The fraction of sp³-hybridized carbons (Fsp3) is 0.250. The molecular formula is C24H30. The summed E-state index contributed by atoms with van der Waals surface area (Å²) < 4.78 is 0. The third kappa shape index (κ3) is 3.28. The van der Waals surface area contributed by atoms with Gasteiger partial charge in [0.05, 0.1) is 0 Å². The molecular weight excluding hydrogens is 288 g/mol. The van der Waals surface area contributed by atoms with Crippen LogP contribution in [0.25, 0.3) is 11.1 Å². The van der Waals surface area contributed by atoms with E-state index >= 15 is 0 Å². The Hall–Kier alpha value is -2.34. The molecule has 0 atom stereocenters. The molecule has 1 aliphatic carbocycles. The zero-order valence-electron chi connectivity index (χ0n) is 15.6. The van der Waals surface area contributed by atoms with Crippen LogP contribution in [-0.2, 0) is 5.41 Å². The van der Waals surface area contributed by atoms with Crippen molar-refractivity contribution in [1.29, 1.82) is 0 Å². The molecule has 0 amide bonds. The van der Waals surface area contributed by atoms with E-state index in [2.05, 4.69) is 103 Å². The van der Waals surface area contributed by atoms with Gasteiger partial charge in [-0.25, -0.2) is 0 Å². The van der Waals surface area contributed by atoms with E-state index in [4.69, 9.17) is 0 Å². The highest BCUT2D eigenvalue weighted by Crippen LogP contribution is 2.56. The lowest BCUT2D eigenvalue weighted by Gasteiger charge is -2.40. The molecule has 2 aromatic rings. The first-order valence-electron chi connectivity index (χ1n) is 8.30. The second-order valence-corrected chi connectivity index (χ2v) is 6.94. The van der Waals surface area contributed by atoms with Crippen LogP contribution in [0.15, 0.2) is 87.0 Å². The molecule has 0 aliphatic heterocycles. The van der Waals surface area contributed by atoms with Gasteiger partial charge in [0.25, 0.3) is 0 Å². The minimum atomic E-state index is 0.0974. The summed E-state index contributed by atoms with van der Waals surface area (Å²) in [5.41, 5.74) is 6.06. The smallest absolute Gasteiger partial charge is 0.0235 e.